The minimum atomic E-state index is 0.445. The molecular formula is C22H26N6O. The molecule has 0 saturated carbocycles. The van der Waals surface area contributed by atoms with Crippen LogP contribution < -0.4 is 15.4 Å². The van der Waals surface area contributed by atoms with Gasteiger partial charge in [0, 0.05) is 25.2 Å². The Morgan fingerprint density at radius 3 is 2.93 bits per heavy atom. The maximum absolute atomic E-state index is 5.58. The van der Waals surface area contributed by atoms with Gasteiger partial charge in [0.1, 0.15) is 18.6 Å². The summed E-state index contributed by atoms with van der Waals surface area (Å²) in [6.07, 6.45) is 3.65. The molecule has 29 heavy (non-hydrogen) atoms. The third kappa shape index (κ3) is 4.74. The van der Waals surface area contributed by atoms with Crippen LogP contribution >= 0.6 is 0 Å². The fourth-order valence-electron chi connectivity index (χ4n) is 3.38. The SMILES string of the molecule is CCNC(=NCc1nncn1-c1ccccc1)NCCc1ccc2c(c1)CCO2. The zero-order chi connectivity index (χ0) is 19.9. The molecule has 2 aromatic carbocycles. The minimum absolute atomic E-state index is 0.445. The van der Waals surface area contributed by atoms with Gasteiger partial charge in [0.15, 0.2) is 11.8 Å². The monoisotopic (exact) mass is 390 g/mol. The molecule has 1 aliphatic rings. The first-order chi connectivity index (χ1) is 14.3. The number of nitrogens with zero attached hydrogens (tertiary/aromatic N) is 4. The summed E-state index contributed by atoms with van der Waals surface area (Å²) in [5, 5.41) is 15.0. The lowest BCUT2D eigenvalue weighted by Gasteiger charge is -2.12. The van der Waals surface area contributed by atoms with Crippen LogP contribution in [-0.2, 0) is 19.4 Å². The molecule has 7 heteroatoms. The van der Waals surface area contributed by atoms with Gasteiger partial charge in [0.05, 0.1) is 6.61 Å². The summed E-state index contributed by atoms with van der Waals surface area (Å²) in [5.74, 6) is 2.60. The van der Waals surface area contributed by atoms with Gasteiger partial charge in [-0.1, -0.05) is 30.3 Å². The Balaban J connectivity index is 1.37. The molecule has 0 amide bonds. The van der Waals surface area contributed by atoms with E-state index in [-0.39, 0.29) is 0 Å². The molecule has 0 saturated heterocycles. The number of hydrogen-bond donors (Lipinski definition) is 2. The highest BCUT2D eigenvalue weighted by Gasteiger charge is 2.12. The van der Waals surface area contributed by atoms with Gasteiger partial charge in [-0.25, -0.2) is 4.99 Å². The Morgan fingerprint density at radius 1 is 1.17 bits per heavy atom. The standard InChI is InChI=1S/C22H26N6O/c1-2-23-22(24-12-10-17-8-9-20-18(14-17)11-13-29-20)25-15-21-27-26-16-28(21)19-6-4-3-5-7-19/h3-9,14,16H,2,10-13,15H2,1H3,(H2,23,24,25). The lowest BCUT2D eigenvalue weighted by Crippen LogP contribution is -2.38. The number of rotatable bonds is 7. The van der Waals surface area contributed by atoms with Crippen molar-refractivity contribution in [2.24, 2.45) is 4.99 Å². The molecule has 1 aliphatic heterocycles. The molecule has 2 N–H and O–H groups in total. The number of nitrogens with one attached hydrogen (secondary N) is 2. The quantitative estimate of drug-likeness (QED) is 0.479. The van der Waals surface area contributed by atoms with Crippen LogP contribution in [0.3, 0.4) is 0 Å². The van der Waals surface area contributed by atoms with Crippen molar-refractivity contribution in [3.8, 4) is 11.4 Å². The van der Waals surface area contributed by atoms with Crippen molar-refractivity contribution in [1.29, 1.82) is 0 Å². The van der Waals surface area contributed by atoms with Crippen molar-refractivity contribution >= 4 is 5.96 Å². The molecule has 0 radical (unpaired) electrons. The van der Waals surface area contributed by atoms with E-state index in [1.807, 2.05) is 34.9 Å². The maximum atomic E-state index is 5.58. The molecular weight excluding hydrogens is 364 g/mol. The topological polar surface area (TPSA) is 76.4 Å². The summed E-state index contributed by atoms with van der Waals surface area (Å²) in [6, 6.07) is 16.5. The molecule has 0 fully saturated rings. The van der Waals surface area contributed by atoms with Crippen molar-refractivity contribution in [1.82, 2.24) is 25.4 Å². The first-order valence-electron chi connectivity index (χ1n) is 10.0. The minimum Gasteiger partial charge on any atom is -0.493 e. The first kappa shape index (κ1) is 19.0. The van der Waals surface area contributed by atoms with Crippen LogP contribution in [0.25, 0.3) is 5.69 Å². The van der Waals surface area contributed by atoms with Gasteiger partial charge in [0.25, 0.3) is 0 Å². The van der Waals surface area contributed by atoms with E-state index in [4.69, 9.17) is 4.74 Å². The van der Waals surface area contributed by atoms with E-state index in [1.54, 1.807) is 6.33 Å². The molecule has 1 aromatic heterocycles. The Bertz CT molecular complexity index is 966. The number of hydrogen-bond acceptors (Lipinski definition) is 4. The molecule has 3 aromatic rings. The van der Waals surface area contributed by atoms with Crippen LogP contribution in [0.4, 0.5) is 0 Å². The maximum Gasteiger partial charge on any atom is 0.191 e. The summed E-state index contributed by atoms with van der Waals surface area (Å²) in [4.78, 5) is 4.68. The lowest BCUT2D eigenvalue weighted by atomic mass is 10.1. The Labute approximate surface area is 170 Å². The third-order valence-corrected chi connectivity index (χ3v) is 4.84. The first-order valence-corrected chi connectivity index (χ1v) is 10.0. The predicted octanol–water partition coefficient (Wildman–Crippen LogP) is 2.50. The number of aromatic nitrogens is 3. The summed E-state index contributed by atoms with van der Waals surface area (Å²) in [7, 11) is 0. The molecule has 0 unspecified atom stereocenters. The van der Waals surface area contributed by atoms with E-state index in [9.17, 15) is 0 Å². The van der Waals surface area contributed by atoms with Crippen LogP contribution in [0.15, 0.2) is 59.9 Å². The van der Waals surface area contributed by atoms with Crippen molar-refractivity contribution in [3.05, 3.63) is 71.8 Å². The second kappa shape index (κ2) is 9.23. The Morgan fingerprint density at radius 2 is 2.07 bits per heavy atom. The highest BCUT2D eigenvalue weighted by molar-refractivity contribution is 5.79. The third-order valence-electron chi connectivity index (χ3n) is 4.84. The number of fused-ring (bicyclic) bond motifs is 1. The number of ether oxygens (including phenoxy) is 1. The fraction of sp³-hybridized carbons (Fsp3) is 0.318. The molecule has 0 aliphatic carbocycles. The van der Waals surface area contributed by atoms with E-state index in [1.165, 1.54) is 11.1 Å². The number of para-hydroxylation sites is 1. The molecule has 4 rings (SSSR count). The Kier molecular flexibility index (Phi) is 6.04. The highest BCUT2D eigenvalue weighted by atomic mass is 16.5. The van der Waals surface area contributed by atoms with E-state index < -0.39 is 0 Å². The summed E-state index contributed by atoms with van der Waals surface area (Å²) < 4.78 is 7.54. The Hall–Kier alpha value is -3.35. The highest BCUT2D eigenvalue weighted by Crippen LogP contribution is 2.25. The summed E-state index contributed by atoms with van der Waals surface area (Å²) in [5.41, 5.74) is 3.64. The van der Waals surface area contributed by atoms with E-state index in [2.05, 4.69) is 50.9 Å². The zero-order valence-corrected chi connectivity index (χ0v) is 16.6. The average Bonchev–Trinajstić information content (AvgIpc) is 3.41. The van der Waals surface area contributed by atoms with Gasteiger partial charge in [-0.15, -0.1) is 10.2 Å². The molecule has 2 heterocycles. The van der Waals surface area contributed by atoms with Crippen LogP contribution in [0.5, 0.6) is 5.75 Å². The van der Waals surface area contributed by atoms with Gasteiger partial charge in [-0.05, 0) is 42.7 Å². The summed E-state index contributed by atoms with van der Waals surface area (Å²) >= 11 is 0. The second-order valence-corrected chi connectivity index (χ2v) is 6.87. The average molecular weight is 390 g/mol. The van der Waals surface area contributed by atoms with E-state index in [0.717, 1.165) is 55.8 Å². The van der Waals surface area contributed by atoms with Crippen LogP contribution in [0.1, 0.15) is 23.9 Å². The predicted molar refractivity (Wildman–Crippen MR) is 114 cm³/mol. The molecule has 0 spiro atoms. The number of aliphatic imine (C=N–C) groups is 1. The van der Waals surface area contributed by atoms with Crippen LogP contribution in [0, 0.1) is 0 Å². The largest absolute Gasteiger partial charge is 0.493 e. The molecule has 7 nitrogen and oxygen atoms in total. The van der Waals surface area contributed by atoms with Crippen molar-refractivity contribution < 1.29 is 4.74 Å². The van der Waals surface area contributed by atoms with Crippen LogP contribution in [0.2, 0.25) is 0 Å². The van der Waals surface area contributed by atoms with Gasteiger partial charge in [-0.3, -0.25) is 4.57 Å². The molecule has 0 bridgehead atoms. The van der Waals surface area contributed by atoms with Crippen LogP contribution in [-0.4, -0.2) is 40.4 Å². The number of guanidine groups is 1. The van der Waals surface area contributed by atoms with Gasteiger partial charge in [0.2, 0.25) is 0 Å². The second-order valence-electron chi connectivity index (χ2n) is 6.87. The van der Waals surface area contributed by atoms with Crippen molar-refractivity contribution in [3.63, 3.8) is 0 Å². The van der Waals surface area contributed by atoms with E-state index >= 15 is 0 Å². The van der Waals surface area contributed by atoms with Crippen molar-refractivity contribution in [2.75, 3.05) is 19.7 Å². The smallest absolute Gasteiger partial charge is 0.191 e. The summed E-state index contributed by atoms with van der Waals surface area (Å²) in [6.45, 7) is 4.90. The molecule has 0 atom stereocenters. The van der Waals surface area contributed by atoms with Gasteiger partial charge < -0.3 is 15.4 Å². The zero-order valence-electron chi connectivity index (χ0n) is 16.6. The lowest BCUT2D eigenvalue weighted by molar-refractivity contribution is 0.357. The number of benzene rings is 2. The van der Waals surface area contributed by atoms with Gasteiger partial charge >= 0.3 is 0 Å². The van der Waals surface area contributed by atoms with Gasteiger partial charge in [-0.2, -0.15) is 0 Å². The van der Waals surface area contributed by atoms with E-state index in [0.29, 0.717) is 6.54 Å². The molecule has 150 valence electrons. The normalized spacial score (nSPS) is 13.1. The fourth-order valence-corrected chi connectivity index (χ4v) is 3.38. The van der Waals surface area contributed by atoms with Crippen molar-refractivity contribution in [2.45, 2.75) is 26.3 Å².